The Morgan fingerprint density at radius 3 is 2.43 bits per heavy atom. The third-order valence-corrected chi connectivity index (χ3v) is 4.89. The quantitative estimate of drug-likeness (QED) is 0.319. The summed E-state index contributed by atoms with van der Waals surface area (Å²) in [5, 5.41) is 3.79. The van der Waals surface area contributed by atoms with Gasteiger partial charge in [0.15, 0.2) is 11.5 Å². The van der Waals surface area contributed by atoms with Crippen molar-refractivity contribution in [1.82, 2.24) is 19.9 Å². The van der Waals surface area contributed by atoms with Crippen molar-refractivity contribution >= 4 is 22.5 Å². The van der Waals surface area contributed by atoms with Gasteiger partial charge in [0.2, 0.25) is 0 Å². The molecule has 3 aromatic heterocycles. The molecule has 0 spiro atoms. The van der Waals surface area contributed by atoms with Crippen LogP contribution in [-0.2, 0) is 11.3 Å². The first-order chi connectivity index (χ1) is 16.7. The van der Waals surface area contributed by atoms with E-state index in [4.69, 9.17) is 9.72 Å². The Morgan fingerprint density at radius 1 is 0.971 bits per heavy atom. The average molecular weight is 483 g/mol. The minimum absolute atomic E-state index is 0.190. The maximum Gasteiger partial charge on any atom is 0.573 e. The molecule has 1 N–H and O–H groups in total. The van der Waals surface area contributed by atoms with Crippen molar-refractivity contribution in [2.24, 2.45) is 5.92 Å². The van der Waals surface area contributed by atoms with Crippen LogP contribution in [-0.4, -0.2) is 32.9 Å². The number of aryl methyl sites for hydroxylation is 1. The lowest BCUT2D eigenvalue weighted by molar-refractivity contribution is -0.274. The van der Waals surface area contributed by atoms with Gasteiger partial charge in [-0.05, 0) is 60.9 Å². The lowest BCUT2D eigenvalue weighted by Gasteiger charge is -2.13. The summed E-state index contributed by atoms with van der Waals surface area (Å²) >= 11 is 0. The number of nitrogens with zero attached hydrogens (tertiary/aromatic N) is 4. The first kappa shape index (κ1) is 24.3. The predicted octanol–water partition coefficient (Wildman–Crippen LogP) is 6.21. The fourth-order valence-corrected chi connectivity index (χ4v) is 3.36. The van der Waals surface area contributed by atoms with Crippen molar-refractivity contribution in [2.45, 2.75) is 33.7 Å². The third-order valence-electron chi connectivity index (χ3n) is 4.89. The molecule has 0 bridgehead atoms. The highest BCUT2D eigenvalue weighted by Gasteiger charge is 2.31. The van der Waals surface area contributed by atoms with Gasteiger partial charge in [0, 0.05) is 18.5 Å². The Labute approximate surface area is 200 Å². The lowest BCUT2D eigenvalue weighted by atomic mass is 10.1. The number of rotatable bonds is 8. The number of benzene rings is 1. The number of pyridine rings is 2. The summed E-state index contributed by atoms with van der Waals surface area (Å²) in [6.45, 7) is 6.78. The van der Waals surface area contributed by atoms with Crippen molar-refractivity contribution in [2.75, 3.05) is 11.9 Å². The summed E-state index contributed by atoms with van der Waals surface area (Å²) in [5.41, 5.74) is 3.38. The summed E-state index contributed by atoms with van der Waals surface area (Å²) in [5.74, 6) is 0.928. The fraction of sp³-hybridized carbons (Fsp3) is 0.280. The average Bonchev–Trinajstić information content (AvgIpc) is 2.79. The van der Waals surface area contributed by atoms with Gasteiger partial charge in [-0.1, -0.05) is 19.9 Å². The van der Waals surface area contributed by atoms with Crippen LogP contribution in [0.1, 0.15) is 25.2 Å². The maximum absolute atomic E-state index is 12.5. The molecular weight excluding hydrogens is 459 g/mol. The molecule has 7 nitrogen and oxygen atoms in total. The number of aromatic nitrogens is 4. The normalized spacial score (nSPS) is 11.7. The Morgan fingerprint density at radius 2 is 1.74 bits per heavy atom. The molecule has 0 atom stereocenters. The van der Waals surface area contributed by atoms with Crippen molar-refractivity contribution in [3.05, 3.63) is 66.1 Å². The Bertz CT molecular complexity index is 1310. The number of hydrogen-bond donors (Lipinski definition) is 1. The monoisotopic (exact) mass is 483 g/mol. The van der Waals surface area contributed by atoms with Gasteiger partial charge >= 0.3 is 6.36 Å². The lowest BCUT2D eigenvalue weighted by Crippen LogP contribution is -2.17. The van der Waals surface area contributed by atoms with E-state index in [-0.39, 0.29) is 12.4 Å². The number of halogens is 3. The van der Waals surface area contributed by atoms with Crippen LogP contribution >= 0.6 is 0 Å². The molecule has 4 rings (SSSR count). The van der Waals surface area contributed by atoms with Crippen LogP contribution in [0.2, 0.25) is 0 Å². The Kier molecular flexibility index (Phi) is 7.11. The second kappa shape index (κ2) is 10.2. The molecule has 0 aliphatic carbocycles. The smallest absolute Gasteiger partial charge is 0.406 e. The van der Waals surface area contributed by atoms with E-state index in [9.17, 15) is 13.2 Å². The fourth-order valence-electron chi connectivity index (χ4n) is 3.36. The highest BCUT2D eigenvalue weighted by Crippen LogP contribution is 2.29. The molecule has 0 fully saturated rings. The van der Waals surface area contributed by atoms with Crippen LogP contribution in [0.3, 0.4) is 0 Å². The SMILES string of the molecule is Cc1cccnc1-c1ccc2c(Nc3ccc(OC(F)(F)F)cc3)nc(COCC(C)C)nc2n1. The van der Waals surface area contributed by atoms with Crippen molar-refractivity contribution in [3.8, 4) is 17.1 Å². The second-order valence-corrected chi connectivity index (χ2v) is 8.33. The van der Waals surface area contributed by atoms with Gasteiger partial charge in [-0.15, -0.1) is 13.2 Å². The summed E-state index contributed by atoms with van der Waals surface area (Å²) in [6, 6.07) is 12.9. The van der Waals surface area contributed by atoms with E-state index < -0.39 is 6.36 Å². The van der Waals surface area contributed by atoms with E-state index >= 15 is 0 Å². The van der Waals surface area contributed by atoms with Crippen LogP contribution in [0.5, 0.6) is 5.75 Å². The van der Waals surface area contributed by atoms with E-state index in [1.54, 1.807) is 6.20 Å². The van der Waals surface area contributed by atoms with Crippen LogP contribution in [0, 0.1) is 12.8 Å². The molecule has 35 heavy (non-hydrogen) atoms. The van der Waals surface area contributed by atoms with Gasteiger partial charge in [0.05, 0.1) is 16.8 Å². The number of hydrogen-bond acceptors (Lipinski definition) is 7. The highest BCUT2D eigenvalue weighted by atomic mass is 19.4. The van der Waals surface area contributed by atoms with Gasteiger partial charge in [-0.2, -0.15) is 0 Å². The summed E-state index contributed by atoms with van der Waals surface area (Å²) in [4.78, 5) is 18.3. The molecule has 4 aromatic rings. The van der Waals surface area contributed by atoms with Crippen molar-refractivity contribution in [1.29, 1.82) is 0 Å². The molecule has 0 radical (unpaired) electrons. The van der Waals surface area contributed by atoms with Crippen LogP contribution in [0.4, 0.5) is 24.7 Å². The largest absolute Gasteiger partial charge is 0.573 e. The number of ether oxygens (including phenoxy) is 2. The van der Waals surface area contributed by atoms with E-state index in [1.807, 2.05) is 45.0 Å². The number of fused-ring (bicyclic) bond motifs is 1. The Hall–Kier alpha value is -3.79. The van der Waals surface area contributed by atoms with E-state index in [2.05, 4.69) is 25.0 Å². The molecule has 1 aromatic carbocycles. The van der Waals surface area contributed by atoms with Crippen LogP contribution in [0.25, 0.3) is 22.4 Å². The summed E-state index contributed by atoms with van der Waals surface area (Å²) < 4.78 is 47.0. The van der Waals surface area contributed by atoms with E-state index in [1.165, 1.54) is 24.3 Å². The molecule has 0 saturated carbocycles. The van der Waals surface area contributed by atoms with Crippen LogP contribution in [0.15, 0.2) is 54.7 Å². The molecule has 3 heterocycles. The third kappa shape index (κ3) is 6.42. The van der Waals surface area contributed by atoms with Crippen LogP contribution < -0.4 is 10.1 Å². The van der Waals surface area contributed by atoms with E-state index in [0.29, 0.717) is 46.6 Å². The molecule has 0 unspecified atom stereocenters. The molecule has 10 heteroatoms. The molecule has 0 aliphatic rings. The maximum atomic E-state index is 12.5. The predicted molar refractivity (Wildman–Crippen MR) is 126 cm³/mol. The second-order valence-electron chi connectivity index (χ2n) is 8.33. The van der Waals surface area contributed by atoms with Gasteiger partial charge in [-0.25, -0.2) is 15.0 Å². The molecule has 0 aliphatic heterocycles. The molecular formula is C25H24F3N5O2. The molecule has 0 amide bonds. The zero-order valence-electron chi connectivity index (χ0n) is 19.4. The van der Waals surface area contributed by atoms with Crippen molar-refractivity contribution < 1.29 is 22.6 Å². The van der Waals surface area contributed by atoms with Gasteiger partial charge in [-0.3, -0.25) is 4.98 Å². The first-order valence-corrected chi connectivity index (χ1v) is 11.0. The summed E-state index contributed by atoms with van der Waals surface area (Å²) in [7, 11) is 0. The standard InChI is InChI=1S/C25H24F3N5O2/c1-15(2)13-34-14-21-32-23(30-17-6-8-18(9-7-17)35-25(26,27)28)19-10-11-20(31-24(19)33-21)22-16(3)5-4-12-29-22/h4-12,15H,13-14H2,1-3H3,(H,30,31,32,33). The minimum Gasteiger partial charge on any atom is -0.406 e. The highest BCUT2D eigenvalue weighted by molar-refractivity contribution is 5.90. The number of anilines is 2. The summed E-state index contributed by atoms with van der Waals surface area (Å²) in [6.07, 6.45) is -3.05. The minimum atomic E-state index is -4.75. The van der Waals surface area contributed by atoms with Gasteiger partial charge < -0.3 is 14.8 Å². The van der Waals surface area contributed by atoms with Crippen molar-refractivity contribution in [3.63, 3.8) is 0 Å². The first-order valence-electron chi connectivity index (χ1n) is 11.0. The zero-order chi connectivity index (χ0) is 25.0. The zero-order valence-corrected chi connectivity index (χ0v) is 19.4. The topological polar surface area (TPSA) is 82.1 Å². The van der Waals surface area contributed by atoms with E-state index in [0.717, 1.165) is 11.3 Å². The number of nitrogens with one attached hydrogen (secondary N) is 1. The van der Waals surface area contributed by atoms with Gasteiger partial charge in [0.25, 0.3) is 0 Å². The Balaban J connectivity index is 1.69. The number of alkyl halides is 3. The molecule has 182 valence electrons. The van der Waals surface area contributed by atoms with Gasteiger partial charge in [0.1, 0.15) is 18.2 Å². The molecule has 0 saturated heterocycles.